The van der Waals surface area contributed by atoms with Crippen LogP contribution in [0, 0.1) is 0 Å². The lowest BCUT2D eigenvalue weighted by Crippen LogP contribution is -2.15. The monoisotopic (exact) mass is 313 g/mol. The van der Waals surface area contributed by atoms with Crippen LogP contribution in [0.2, 0.25) is 0 Å². The van der Waals surface area contributed by atoms with E-state index < -0.39 is 12.0 Å². The van der Waals surface area contributed by atoms with Crippen molar-refractivity contribution in [1.29, 1.82) is 0 Å². The Hall–Kier alpha value is -2.00. The lowest BCUT2D eigenvalue weighted by atomic mass is 10.0. The highest BCUT2D eigenvalue weighted by Gasteiger charge is 2.38. The van der Waals surface area contributed by atoms with Gasteiger partial charge in [-0.05, 0) is 5.56 Å². The number of benzene rings is 1. The van der Waals surface area contributed by atoms with Crippen LogP contribution >= 0.6 is 11.3 Å². The molecule has 0 saturated heterocycles. The Labute approximate surface area is 121 Å². The number of alkyl halides is 3. The second kappa shape index (κ2) is 5.08. The predicted molar refractivity (Wildman–Crippen MR) is 71.0 cm³/mol. The average molecular weight is 313 g/mol. The average Bonchev–Trinajstić information content (AvgIpc) is 2.99. The molecule has 1 unspecified atom stereocenters. The highest BCUT2D eigenvalue weighted by atomic mass is 32.1. The van der Waals surface area contributed by atoms with Gasteiger partial charge < -0.3 is 5.73 Å². The van der Waals surface area contributed by atoms with Crippen molar-refractivity contribution in [3.05, 3.63) is 46.7 Å². The van der Waals surface area contributed by atoms with E-state index in [0.717, 1.165) is 21.4 Å². The van der Waals surface area contributed by atoms with E-state index in [4.69, 9.17) is 5.73 Å². The zero-order valence-electron chi connectivity index (χ0n) is 10.6. The summed E-state index contributed by atoms with van der Waals surface area (Å²) < 4.78 is 39.1. The summed E-state index contributed by atoms with van der Waals surface area (Å²) in [5, 5.41) is 11.1. The van der Waals surface area contributed by atoms with Gasteiger partial charge in [-0.3, -0.25) is 0 Å². The first-order valence-electron chi connectivity index (χ1n) is 6.05. The number of nitrogens with two attached hydrogens (primary N) is 1. The summed E-state index contributed by atoms with van der Waals surface area (Å²) in [6, 6.07) is 9.28. The lowest BCUT2D eigenvalue weighted by molar-refractivity contribution is -0.146. The summed E-state index contributed by atoms with van der Waals surface area (Å²) in [5.74, 6) is -1.39. The van der Waals surface area contributed by atoms with E-state index >= 15 is 0 Å². The Kier molecular flexibility index (Phi) is 3.38. The highest BCUT2D eigenvalue weighted by Crippen LogP contribution is 2.32. The van der Waals surface area contributed by atoms with Gasteiger partial charge in [-0.15, -0.1) is 10.2 Å². The van der Waals surface area contributed by atoms with Gasteiger partial charge in [0.05, 0.1) is 5.92 Å². The van der Waals surface area contributed by atoms with Gasteiger partial charge in [-0.25, -0.2) is 0 Å². The van der Waals surface area contributed by atoms with Gasteiger partial charge in [0.15, 0.2) is 0 Å². The van der Waals surface area contributed by atoms with Crippen LogP contribution in [0.1, 0.15) is 22.3 Å². The van der Waals surface area contributed by atoms with E-state index in [2.05, 4.69) is 15.3 Å². The van der Waals surface area contributed by atoms with Crippen LogP contribution in [0.4, 0.5) is 13.2 Å². The fourth-order valence-electron chi connectivity index (χ4n) is 2.01. The molecule has 0 spiro atoms. The van der Waals surface area contributed by atoms with Gasteiger partial charge in [0, 0.05) is 6.54 Å². The molecule has 2 N–H and O–H groups in total. The minimum atomic E-state index is -4.59. The molecule has 2 heterocycles. The Morgan fingerprint density at radius 3 is 2.52 bits per heavy atom. The molecule has 3 aromatic rings. The first-order chi connectivity index (χ1) is 10.0. The Morgan fingerprint density at radius 1 is 1.19 bits per heavy atom. The van der Waals surface area contributed by atoms with E-state index in [0.29, 0.717) is 5.01 Å². The molecule has 0 aliphatic carbocycles. The molecule has 0 fully saturated rings. The standard InChI is InChI=1S/C12H10F3N5S/c13-12(14,15)10-17-18-11-20(10)19-9(21-11)8(6-16)7-4-2-1-3-5-7/h1-5,8H,6,16H2. The van der Waals surface area contributed by atoms with Crippen LogP contribution in [0.25, 0.3) is 4.96 Å². The molecule has 0 radical (unpaired) electrons. The van der Waals surface area contributed by atoms with Crippen LogP contribution < -0.4 is 5.73 Å². The van der Waals surface area contributed by atoms with Crippen LogP contribution in [-0.4, -0.2) is 26.4 Å². The maximum atomic E-state index is 12.8. The van der Waals surface area contributed by atoms with Crippen molar-refractivity contribution in [1.82, 2.24) is 19.8 Å². The van der Waals surface area contributed by atoms with Crippen LogP contribution in [0.3, 0.4) is 0 Å². The molecule has 0 saturated carbocycles. The zero-order chi connectivity index (χ0) is 15.0. The van der Waals surface area contributed by atoms with Gasteiger partial charge in [-0.1, -0.05) is 41.7 Å². The van der Waals surface area contributed by atoms with Crippen LogP contribution in [-0.2, 0) is 6.18 Å². The summed E-state index contributed by atoms with van der Waals surface area (Å²) in [5.41, 5.74) is 6.65. The molecule has 9 heteroatoms. The Bertz CT molecular complexity index is 749. The summed E-state index contributed by atoms with van der Waals surface area (Å²) in [4.78, 5) is 0.103. The molecule has 5 nitrogen and oxygen atoms in total. The summed E-state index contributed by atoms with van der Waals surface area (Å²) in [6.07, 6.45) is -4.59. The number of fused-ring (bicyclic) bond motifs is 1. The second-order valence-electron chi connectivity index (χ2n) is 4.36. The third-order valence-corrected chi connectivity index (χ3v) is 4.01. The molecule has 1 atom stereocenters. The molecule has 21 heavy (non-hydrogen) atoms. The van der Waals surface area contributed by atoms with Crippen molar-refractivity contribution in [2.24, 2.45) is 5.73 Å². The van der Waals surface area contributed by atoms with E-state index in [-0.39, 0.29) is 17.4 Å². The number of halogens is 3. The third-order valence-electron chi connectivity index (χ3n) is 3.00. The highest BCUT2D eigenvalue weighted by molar-refractivity contribution is 7.16. The van der Waals surface area contributed by atoms with Crippen LogP contribution in [0.5, 0.6) is 0 Å². The fraction of sp³-hybridized carbons (Fsp3) is 0.250. The van der Waals surface area contributed by atoms with E-state index in [1.54, 1.807) is 0 Å². The quantitative estimate of drug-likeness (QED) is 0.805. The smallest absolute Gasteiger partial charge is 0.329 e. The van der Waals surface area contributed by atoms with Crippen molar-refractivity contribution < 1.29 is 13.2 Å². The first kappa shape index (κ1) is 14.0. The Balaban J connectivity index is 2.06. The SMILES string of the molecule is NCC(c1ccccc1)c1nn2c(C(F)(F)F)nnc2s1. The largest absolute Gasteiger partial charge is 0.453 e. The maximum Gasteiger partial charge on any atom is 0.453 e. The number of aromatic nitrogens is 4. The third kappa shape index (κ3) is 2.49. The number of hydrogen-bond donors (Lipinski definition) is 1. The number of rotatable bonds is 3. The molecule has 0 aliphatic heterocycles. The summed E-state index contributed by atoms with van der Waals surface area (Å²) in [7, 11) is 0. The molecule has 3 rings (SSSR count). The lowest BCUT2D eigenvalue weighted by Gasteiger charge is -2.11. The van der Waals surface area contributed by atoms with Crippen molar-refractivity contribution in [2.45, 2.75) is 12.1 Å². The molecule has 0 aliphatic rings. The summed E-state index contributed by atoms with van der Waals surface area (Å²) in [6.45, 7) is 0.245. The van der Waals surface area contributed by atoms with Crippen molar-refractivity contribution >= 4 is 16.3 Å². The van der Waals surface area contributed by atoms with Crippen molar-refractivity contribution in [3.8, 4) is 0 Å². The molecule has 1 aromatic carbocycles. The van der Waals surface area contributed by atoms with Crippen LogP contribution in [0.15, 0.2) is 30.3 Å². The predicted octanol–water partition coefficient (Wildman–Crippen LogP) is 2.30. The van der Waals surface area contributed by atoms with Gasteiger partial charge in [-0.2, -0.15) is 22.8 Å². The van der Waals surface area contributed by atoms with Gasteiger partial charge in [0.2, 0.25) is 4.96 Å². The normalized spacial score (nSPS) is 13.7. The minimum Gasteiger partial charge on any atom is -0.329 e. The molecule has 2 aromatic heterocycles. The zero-order valence-corrected chi connectivity index (χ0v) is 11.4. The van der Waals surface area contributed by atoms with Crippen molar-refractivity contribution in [2.75, 3.05) is 6.54 Å². The number of nitrogens with zero attached hydrogens (tertiary/aromatic N) is 4. The Morgan fingerprint density at radius 2 is 1.90 bits per heavy atom. The van der Waals surface area contributed by atoms with E-state index in [1.807, 2.05) is 30.3 Å². The molecular weight excluding hydrogens is 303 g/mol. The molecule has 0 amide bonds. The molecule has 0 bridgehead atoms. The minimum absolute atomic E-state index is 0.103. The van der Waals surface area contributed by atoms with Gasteiger partial charge >= 0.3 is 6.18 Å². The maximum absolute atomic E-state index is 12.8. The van der Waals surface area contributed by atoms with E-state index in [1.165, 1.54) is 0 Å². The van der Waals surface area contributed by atoms with Crippen molar-refractivity contribution in [3.63, 3.8) is 0 Å². The molecular formula is C12H10F3N5S. The topological polar surface area (TPSA) is 69.1 Å². The second-order valence-corrected chi connectivity index (χ2v) is 5.34. The first-order valence-corrected chi connectivity index (χ1v) is 6.86. The summed E-state index contributed by atoms with van der Waals surface area (Å²) >= 11 is 1.06. The number of hydrogen-bond acceptors (Lipinski definition) is 5. The molecule has 110 valence electrons. The van der Waals surface area contributed by atoms with Gasteiger partial charge in [0.25, 0.3) is 5.82 Å². The van der Waals surface area contributed by atoms with E-state index in [9.17, 15) is 13.2 Å². The fourth-order valence-corrected chi connectivity index (χ4v) is 2.99. The van der Waals surface area contributed by atoms with Gasteiger partial charge in [0.1, 0.15) is 5.01 Å².